The average Bonchev–Trinajstić information content (AvgIpc) is 2.93. The van der Waals surface area contributed by atoms with E-state index in [1.807, 2.05) is 67.3 Å². The molecule has 0 saturated carbocycles. The summed E-state index contributed by atoms with van der Waals surface area (Å²) in [6, 6.07) is 15.3. The molecule has 2 aromatic rings. The third-order valence-electron chi connectivity index (χ3n) is 4.89. The van der Waals surface area contributed by atoms with Crippen LogP contribution < -0.4 is 4.74 Å². The first-order chi connectivity index (χ1) is 13.0. The number of aryl methyl sites for hydroxylation is 2. The van der Waals surface area contributed by atoms with Gasteiger partial charge in [0.25, 0.3) is 11.8 Å². The zero-order chi connectivity index (χ0) is 19.2. The van der Waals surface area contributed by atoms with E-state index in [-0.39, 0.29) is 18.4 Å². The number of ether oxygens (including phenoxy) is 1. The zero-order valence-electron chi connectivity index (χ0n) is 16.0. The van der Waals surface area contributed by atoms with E-state index in [1.54, 1.807) is 4.90 Å². The molecule has 0 atom stereocenters. The Kier molecular flexibility index (Phi) is 6.12. The van der Waals surface area contributed by atoms with Gasteiger partial charge in [-0.05, 0) is 44.0 Å². The molecule has 1 aliphatic heterocycles. The molecule has 0 aromatic heterocycles. The predicted molar refractivity (Wildman–Crippen MR) is 105 cm³/mol. The topological polar surface area (TPSA) is 49.9 Å². The van der Waals surface area contributed by atoms with Crippen molar-refractivity contribution in [3.05, 3.63) is 65.2 Å². The molecule has 2 aromatic carbocycles. The minimum absolute atomic E-state index is 0.0226. The van der Waals surface area contributed by atoms with E-state index in [1.165, 1.54) is 0 Å². The van der Waals surface area contributed by atoms with Crippen molar-refractivity contribution in [1.29, 1.82) is 0 Å². The van der Waals surface area contributed by atoms with Gasteiger partial charge in [0, 0.05) is 31.7 Å². The fraction of sp³-hybridized carbons (Fsp3) is 0.364. The molecular weight excluding hydrogens is 340 g/mol. The molecule has 0 spiro atoms. The van der Waals surface area contributed by atoms with Crippen molar-refractivity contribution in [2.24, 2.45) is 0 Å². The smallest absolute Gasteiger partial charge is 0.260 e. The second-order valence-corrected chi connectivity index (χ2v) is 6.94. The molecule has 27 heavy (non-hydrogen) atoms. The van der Waals surface area contributed by atoms with Gasteiger partial charge in [-0.15, -0.1) is 0 Å². The Hall–Kier alpha value is -2.82. The number of amides is 2. The maximum atomic E-state index is 12.8. The lowest BCUT2D eigenvalue weighted by Gasteiger charge is -2.23. The molecule has 1 heterocycles. The minimum Gasteiger partial charge on any atom is -0.484 e. The van der Waals surface area contributed by atoms with Gasteiger partial charge in [0.2, 0.25) is 0 Å². The van der Waals surface area contributed by atoms with Crippen molar-refractivity contribution in [1.82, 2.24) is 9.80 Å². The molecular formula is C22H26N2O3. The molecule has 0 N–H and O–H groups in total. The van der Waals surface area contributed by atoms with Crippen LogP contribution >= 0.6 is 0 Å². The second kappa shape index (κ2) is 8.71. The molecule has 0 radical (unpaired) electrons. The lowest BCUT2D eigenvalue weighted by Crippen LogP contribution is -2.39. The van der Waals surface area contributed by atoms with Crippen molar-refractivity contribution in [2.75, 3.05) is 32.8 Å². The average molecular weight is 366 g/mol. The highest BCUT2D eigenvalue weighted by Gasteiger charge is 2.23. The first-order valence-corrected chi connectivity index (χ1v) is 9.37. The van der Waals surface area contributed by atoms with E-state index in [0.29, 0.717) is 31.9 Å². The van der Waals surface area contributed by atoms with Gasteiger partial charge in [0.05, 0.1) is 0 Å². The van der Waals surface area contributed by atoms with Gasteiger partial charge in [-0.25, -0.2) is 0 Å². The molecule has 0 aliphatic carbocycles. The van der Waals surface area contributed by atoms with Gasteiger partial charge < -0.3 is 14.5 Å². The molecule has 0 bridgehead atoms. The quantitative estimate of drug-likeness (QED) is 0.836. The Morgan fingerprint density at radius 3 is 2.30 bits per heavy atom. The molecule has 1 fully saturated rings. The largest absolute Gasteiger partial charge is 0.484 e. The van der Waals surface area contributed by atoms with Crippen molar-refractivity contribution < 1.29 is 14.3 Å². The normalized spacial score (nSPS) is 14.6. The van der Waals surface area contributed by atoms with E-state index in [0.717, 1.165) is 23.1 Å². The number of benzene rings is 2. The SMILES string of the molecule is Cc1ccc(OCC(=O)N2CCCN(C(=O)c3ccccc3C)CC2)cc1. The highest BCUT2D eigenvalue weighted by Crippen LogP contribution is 2.14. The van der Waals surface area contributed by atoms with E-state index in [2.05, 4.69) is 0 Å². The molecule has 142 valence electrons. The first-order valence-electron chi connectivity index (χ1n) is 9.37. The molecule has 1 aliphatic rings. The maximum absolute atomic E-state index is 12.8. The van der Waals surface area contributed by atoms with E-state index >= 15 is 0 Å². The molecule has 5 heteroatoms. The molecule has 5 nitrogen and oxygen atoms in total. The number of rotatable bonds is 4. The number of hydrogen-bond acceptors (Lipinski definition) is 3. The van der Waals surface area contributed by atoms with E-state index in [9.17, 15) is 9.59 Å². The predicted octanol–water partition coefficient (Wildman–Crippen LogP) is 3.06. The Morgan fingerprint density at radius 1 is 0.889 bits per heavy atom. The lowest BCUT2D eigenvalue weighted by molar-refractivity contribution is -0.133. The molecule has 2 amide bonds. The fourth-order valence-electron chi connectivity index (χ4n) is 3.22. The highest BCUT2D eigenvalue weighted by molar-refractivity contribution is 5.95. The Labute approximate surface area is 160 Å². The van der Waals surface area contributed by atoms with Crippen LogP contribution in [0.5, 0.6) is 5.75 Å². The maximum Gasteiger partial charge on any atom is 0.260 e. The summed E-state index contributed by atoms with van der Waals surface area (Å²) in [7, 11) is 0. The summed E-state index contributed by atoms with van der Waals surface area (Å²) in [5, 5.41) is 0. The Bertz CT molecular complexity index is 801. The van der Waals surface area contributed by atoms with Gasteiger partial charge in [-0.1, -0.05) is 35.9 Å². The fourth-order valence-corrected chi connectivity index (χ4v) is 3.22. The second-order valence-electron chi connectivity index (χ2n) is 6.94. The summed E-state index contributed by atoms with van der Waals surface area (Å²) in [6.07, 6.45) is 0.772. The summed E-state index contributed by atoms with van der Waals surface area (Å²) in [4.78, 5) is 28.9. The van der Waals surface area contributed by atoms with Gasteiger partial charge >= 0.3 is 0 Å². The van der Waals surface area contributed by atoms with Crippen molar-refractivity contribution in [2.45, 2.75) is 20.3 Å². The number of carbonyl (C=O) groups is 2. The van der Waals surface area contributed by atoms with Gasteiger partial charge in [0.1, 0.15) is 5.75 Å². The van der Waals surface area contributed by atoms with Crippen LogP contribution in [-0.2, 0) is 4.79 Å². The van der Waals surface area contributed by atoms with Crippen LogP contribution in [-0.4, -0.2) is 54.4 Å². The van der Waals surface area contributed by atoms with Crippen molar-refractivity contribution >= 4 is 11.8 Å². The summed E-state index contributed by atoms with van der Waals surface area (Å²) < 4.78 is 5.60. The summed E-state index contributed by atoms with van der Waals surface area (Å²) in [5.74, 6) is 0.694. The lowest BCUT2D eigenvalue weighted by atomic mass is 10.1. The molecule has 3 rings (SSSR count). The van der Waals surface area contributed by atoms with Crippen LogP contribution in [0.15, 0.2) is 48.5 Å². The third kappa shape index (κ3) is 4.88. The van der Waals surface area contributed by atoms with Crippen LogP contribution in [0.2, 0.25) is 0 Å². The minimum atomic E-state index is -0.0410. The van der Waals surface area contributed by atoms with Crippen LogP contribution in [0, 0.1) is 13.8 Å². The van der Waals surface area contributed by atoms with E-state index < -0.39 is 0 Å². The monoisotopic (exact) mass is 366 g/mol. The zero-order valence-corrected chi connectivity index (χ0v) is 16.0. The number of carbonyl (C=O) groups excluding carboxylic acids is 2. The summed E-state index contributed by atoms with van der Waals surface area (Å²) in [5.41, 5.74) is 2.87. The molecule has 1 saturated heterocycles. The van der Waals surface area contributed by atoms with Crippen molar-refractivity contribution in [3.8, 4) is 5.75 Å². The van der Waals surface area contributed by atoms with Crippen molar-refractivity contribution in [3.63, 3.8) is 0 Å². The standard InChI is InChI=1S/C22H26N2O3/c1-17-8-10-19(11-9-17)27-16-21(25)23-12-5-13-24(15-14-23)22(26)20-7-4-3-6-18(20)2/h3-4,6-11H,5,12-16H2,1-2H3. The highest BCUT2D eigenvalue weighted by atomic mass is 16.5. The van der Waals surface area contributed by atoms with Crippen LogP contribution in [0.3, 0.4) is 0 Å². The van der Waals surface area contributed by atoms with Crippen LogP contribution in [0.4, 0.5) is 0 Å². The van der Waals surface area contributed by atoms with E-state index in [4.69, 9.17) is 4.74 Å². The number of nitrogens with zero attached hydrogens (tertiary/aromatic N) is 2. The third-order valence-corrected chi connectivity index (χ3v) is 4.89. The van der Waals surface area contributed by atoms with Crippen LogP contribution in [0.1, 0.15) is 27.9 Å². The molecule has 0 unspecified atom stereocenters. The summed E-state index contributed by atoms with van der Waals surface area (Å²) in [6.45, 7) is 6.37. The van der Waals surface area contributed by atoms with Crippen LogP contribution in [0.25, 0.3) is 0 Å². The number of hydrogen-bond donors (Lipinski definition) is 0. The summed E-state index contributed by atoms with van der Waals surface area (Å²) >= 11 is 0. The van der Waals surface area contributed by atoms with Gasteiger partial charge in [0.15, 0.2) is 6.61 Å². The Morgan fingerprint density at radius 2 is 1.56 bits per heavy atom. The van der Waals surface area contributed by atoms with Gasteiger partial charge in [-0.2, -0.15) is 0 Å². The Balaban J connectivity index is 1.54. The van der Waals surface area contributed by atoms with Gasteiger partial charge in [-0.3, -0.25) is 9.59 Å². The first kappa shape index (κ1) is 19.0.